The molecule has 2 N–H and O–H groups in total. The molecular formula is C15H22N2O4. The predicted molar refractivity (Wildman–Crippen MR) is 79.5 cm³/mol. The molecule has 0 aliphatic heterocycles. The molecule has 0 radical (unpaired) electrons. The second-order valence-corrected chi connectivity index (χ2v) is 5.19. The van der Waals surface area contributed by atoms with Crippen LogP contribution in [0.15, 0.2) is 16.9 Å². The van der Waals surface area contributed by atoms with Gasteiger partial charge < -0.3 is 15.0 Å². The molecule has 0 saturated carbocycles. The van der Waals surface area contributed by atoms with E-state index in [9.17, 15) is 14.4 Å². The Morgan fingerprint density at radius 1 is 1.38 bits per heavy atom. The Balaban J connectivity index is 2.91. The van der Waals surface area contributed by atoms with Crippen LogP contribution in [-0.2, 0) is 11.8 Å². The Morgan fingerprint density at radius 2 is 2.05 bits per heavy atom. The molecule has 6 nitrogen and oxygen atoms in total. The van der Waals surface area contributed by atoms with Crippen molar-refractivity contribution in [3.8, 4) is 0 Å². The molecule has 1 amide bonds. The van der Waals surface area contributed by atoms with Crippen LogP contribution in [0.4, 0.5) is 0 Å². The van der Waals surface area contributed by atoms with Crippen molar-refractivity contribution >= 4 is 11.9 Å². The first-order chi connectivity index (χ1) is 9.85. The van der Waals surface area contributed by atoms with Crippen LogP contribution in [-0.4, -0.2) is 27.6 Å². The van der Waals surface area contributed by atoms with E-state index < -0.39 is 17.9 Å². The summed E-state index contributed by atoms with van der Waals surface area (Å²) in [6, 6.07) is 2.29. The summed E-state index contributed by atoms with van der Waals surface area (Å²) in [4.78, 5) is 34.6. The van der Waals surface area contributed by atoms with E-state index in [0.29, 0.717) is 12.1 Å². The lowest BCUT2D eigenvalue weighted by Crippen LogP contribution is -2.38. The number of amides is 1. The molecule has 21 heavy (non-hydrogen) atoms. The van der Waals surface area contributed by atoms with Gasteiger partial charge in [0.05, 0.1) is 6.42 Å². The quantitative estimate of drug-likeness (QED) is 0.796. The minimum atomic E-state index is -0.950. The van der Waals surface area contributed by atoms with Gasteiger partial charge in [0.1, 0.15) is 5.69 Å². The van der Waals surface area contributed by atoms with Gasteiger partial charge in [-0.15, -0.1) is 0 Å². The third-order valence-corrected chi connectivity index (χ3v) is 3.42. The molecule has 0 aliphatic carbocycles. The molecule has 1 aromatic rings. The molecular weight excluding hydrogens is 272 g/mol. The van der Waals surface area contributed by atoms with Crippen LogP contribution in [0.1, 0.15) is 48.8 Å². The van der Waals surface area contributed by atoms with E-state index in [-0.39, 0.29) is 17.5 Å². The fourth-order valence-electron chi connectivity index (χ4n) is 2.13. The molecule has 0 unspecified atom stereocenters. The molecule has 1 heterocycles. The van der Waals surface area contributed by atoms with Gasteiger partial charge in [-0.3, -0.25) is 14.4 Å². The lowest BCUT2D eigenvalue weighted by atomic mass is 10.1. The van der Waals surface area contributed by atoms with Gasteiger partial charge >= 0.3 is 5.97 Å². The molecule has 1 rings (SSSR count). The number of nitrogens with one attached hydrogen (secondary N) is 1. The maximum absolute atomic E-state index is 12.3. The molecule has 0 saturated heterocycles. The smallest absolute Gasteiger partial charge is 0.305 e. The predicted octanol–water partition coefficient (Wildman–Crippen LogP) is 1.46. The van der Waals surface area contributed by atoms with Crippen molar-refractivity contribution in [3.05, 3.63) is 33.7 Å². The first kappa shape index (κ1) is 16.9. The summed E-state index contributed by atoms with van der Waals surface area (Å²) >= 11 is 0. The first-order valence-corrected chi connectivity index (χ1v) is 7.05. The number of hydrogen-bond donors (Lipinski definition) is 2. The van der Waals surface area contributed by atoms with Crippen LogP contribution in [0.2, 0.25) is 0 Å². The van der Waals surface area contributed by atoms with Crippen molar-refractivity contribution in [2.45, 2.75) is 45.6 Å². The van der Waals surface area contributed by atoms with E-state index in [1.54, 1.807) is 18.5 Å². The van der Waals surface area contributed by atoms with E-state index >= 15 is 0 Å². The van der Waals surface area contributed by atoms with E-state index in [2.05, 4.69) is 5.32 Å². The highest BCUT2D eigenvalue weighted by atomic mass is 16.4. The number of aromatic nitrogens is 1. The normalized spacial score (nSPS) is 12.0. The largest absolute Gasteiger partial charge is 0.481 e. The number of carbonyl (C=O) groups excluding carboxylic acids is 1. The Kier molecular flexibility index (Phi) is 6.14. The Labute approximate surface area is 123 Å². The van der Waals surface area contributed by atoms with Crippen LogP contribution >= 0.6 is 0 Å². The third kappa shape index (κ3) is 5.06. The topological polar surface area (TPSA) is 88.4 Å². The lowest BCUT2D eigenvalue weighted by Gasteiger charge is -2.18. The van der Waals surface area contributed by atoms with Crippen LogP contribution in [0.5, 0.6) is 0 Å². The fraction of sp³-hybridized carbons (Fsp3) is 0.533. The SMILES string of the molecule is CCCC[C@H](CC(=O)O)NC(=O)c1cc(=O)cc(C)n1C. The summed E-state index contributed by atoms with van der Waals surface area (Å²) < 4.78 is 1.62. The average Bonchev–Trinajstić information content (AvgIpc) is 2.39. The number of carboxylic acids is 1. The van der Waals surface area contributed by atoms with Crippen molar-refractivity contribution < 1.29 is 14.7 Å². The van der Waals surface area contributed by atoms with Gasteiger partial charge in [0.15, 0.2) is 5.43 Å². The summed E-state index contributed by atoms with van der Waals surface area (Å²) in [6.45, 7) is 3.74. The Bertz CT molecular complexity index is 578. The van der Waals surface area contributed by atoms with E-state index in [0.717, 1.165) is 12.8 Å². The van der Waals surface area contributed by atoms with E-state index in [1.807, 2.05) is 6.92 Å². The summed E-state index contributed by atoms with van der Waals surface area (Å²) in [7, 11) is 1.70. The third-order valence-electron chi connectivity index (χ3n) is 3.42. The summed E-state index contributed by atoms with van der Waals surface area (Å²) in [5.74, 6) is -1.37. The minimum Gasteiger partial charge on any atom is -0.481 e. The summed E-state index contributed by atoms with van der Waals surface area (Å²) in [6.07, 6.45) is 2.25. The molecule has 1 atom stereocenters. The van der Waals surface area contributed by atoms with Crippen molar-refractivity contribution in [2.24, 2.45) is 7.05 Å². The maximum atomic E-state index is 12.3. The molecule has 0 aliphatic rings. The number of aliphatic carboxylic acids is 1. The van der Waals surface area contributed by atoms with Gasteiger partial charge in [0.25, 0.3) is 5.91 Å². The highest BCUT2D eigenvalue weighted by Gasteiger charge is 2.18. The molecule has 6 heteroatoms. The van der Waals surface area contributed by atoms with Crippen LogP contribution < -0.4 is 10.7 Å². The zero-order chi connectivity index (χ0) is 16.0. The molecule has 1 aromatic heterocycles. The molecule has 0 bridgehead atoms. The molecule has 116 valence electrons. The minimum absolute atomic E-state index is 0.120. The van der Waals surface area contributed by atoms with E-state index in [1.165, 1.54) is 12.1 Å². The zero-order valence-electron chi connectivity index (χ0n) is 12.7. The fourth-order valence-corrected chi connectivity index (χ4v) is 2.13. The van der Waals surface area contributed by atoms with Gasteiger partial charge in [-0.2, -0.15) is 0 Å². The summed E-state index contributed by atoms with van der Waals surface area (Å²) in [5, 5.41) is 11.6. The maximum Gasteiger partial charge on any atom is 0.305 e. The van der Waals surface area contributed by atoms with Gasteiger partial charge in [0.2, 0.25) is 0 Å². The zero-order valence-corrected chi connectivity index (χ0v) is 12.7. The van der Waals surface area contributed by atoms with Gasteiger partial charge in [-0.1, -0.05) is 19.8 Å². The average molecular weight is 294 g/mol. The second kappa shape index (κ2) is 7.61. The Hall–Kier alpha value is -2.11. The molecule has 0 fully saturated rings. The number of rotatable bonds is 7. The van der Waals surface area contributed by atoms with Gasteiger partial charge in [0, 0.05) is 30.9 Å². The van der Waals surface area contributed by atoms with Crippen LogP contribution in [0.3, 0.4) is 0 Å². The highest BCUT2D eigenvalue weighted by molar-refractivity contribution is 5.93. The molecule has 0 aromatic carbocycles. The van der Waals surface area contributed by atoms with Crippen molar-refractivity contribution in [2.75, 3.05) is 0 Å². The van der Waals surface area contributed by atoms with Crippen LogP contribution in [0.25, 0.3) is 0 Å². The standard InChI is InChI=1S/C15H22N2O4/c1-4-5-6-11(8-14(19)20)16-15(21)13-9-12(18)7-10(2)17(13)3/h7,9,11H,4-6,8H2,1-3H3,(H,16,21)(H,19,20)/t11-/m1/s1. The summed E-state index contributed by atoms with van der Waals surface area (Å²) in [5.41, 5.74) is 0.682. The number of pyridine rings is 1. The lowest BCUT2D eigenvalue weighted by molar-refractivity contribution is -0.137. The number of nitrogens with zero attached hydrogens (tertiary/aromatic N) is 1. The number of unbranched alkanes of at least 4 members (excludes halogenated alkanes) is 1. The highest BCUT2D eigenvalue weighted by Crippen LogP contribution is 2.07. The monoisotopic (exact) mass is 294 g/mol. The molecule has 0 spiro atoms. The van der Waals surface area contributed by atoms with Crippen LogP contribution in [0, 0.1) is 6.92 Å². The van der Waals surface area contributed by atoms with Gasteiger partial charge in [-0.05, 0) is 13.3 Å². The first-order valence-electron chi connectivity index (χ1n) is 7.05. The number of carbonyl (C=O) groups is 2. The number of carboxylic acid groups (broad SMARTS) is 1. The van der Waals surface area contributed by atoms with Crippen molar-refractivity contribution in [1.82, 2.24) is 9.88 Å². The number of aryl methyl sites for hydroxylation is 1. The second-order valence-electron chi connectivity index (χ2n) is 5.19. The Morgan fingerprint density at radius 3 is 2.62 bits per heavy atom. The van der Waals surface area contributed by atoms with E-state index in [4.69, 9.17) is 5.11 Å². The van der Waals surface area contributed by atoms with Crippen molar-refractivity contribution in [1.29, 1.82) is 0 Å². The van der Waals surface area contributed by atoms with Crippen molar-refractivity contribution in [3.63, 3.8) is 0 Å². The number of hydrogen-bond acceptors (Lipinski definition) is 3. The van der Waals surface area contributed by atoms with Gasteiger partial charge in [-0.25, -0.2) is 0 Å².